The minimum atomic E-state index is -5.17. The number of halogens is 4. The van der Waals surface area contributed by atoms with Crippen molar-refractivity contribution >= 4 is 56.8 Å². The fraction of sp³-hybridized carbons (Fsp3) is 0.438. The molecule has 0 aliphatic heterocycles. The van der Waals surface area contributed by atoms with Crippen molar-refractivity contribution in [1.29, 1.82) is 0 Å². The maximum absolute atomic E-state index is 9.91. The van der Waals surface area contributed by atoms with Gasteiger partial charge in [0.15, 0.2) is 0 Å². The number of aliphatic hydroxyl groups excluding tert-OH is 4. The number of aliphatic hydroxyl groups is 4. The number of benzene rings is 2. The molecule has 0 spiro atoms. The monoisotopic (exact) mass is 782 g/mol. The summed E-state index contributed by atoms with van der Waals surface area (Å²) in [5, 5.41) is 39.6. The molecule has 0 saturated carbocycles. The molecule has 0 aliphatic rings. The van der Waals surface area contributed by atoms with Crippen LogP contribution in [0.5, 0.6) is 0 Å². The second kappa shape index (κ2) is 21.2. The van der Waals surface area contributed by atoms with Gasteiger partial charge in [0.2, 0.25) is 0 Å². The molecule has 0 saturated heterocycles. The van der Waals surface area contributed by atoms with Gasteiger partial charge in [0.1, 0.15) is 74.4 Å². The lowest BCUT2D eigenvalue weighted by Crippen LogP contribution is -2.44. The van der Waals surface area contributed by atoms with Gasteiger partial charge in [0.05, 0.1) is 34.6 Å². The van der Waals surface area contributed by atoms with E-state index in [-0.39, 0.29) is 23.5 Å². The average molecular weight is 785 g/mol. The number of alkyl halides is 4. The molecule has 4 rings (SSSR count). The third-order valence-electron chi connectivity index (χ3n) is 6.97. The summed E-state index contributed by atoms with van der Waals surface area (Å²) in [7, 11) is -5.17. The lowest BCUT2D eigenvalue weighted by Gasteiger charge is -2.10. The Labute approximate surface area is 306 Å². The quantitative estimate of drug-likeness (QED) is 0.0653. The standard InChI is InChI=1S/2C16H21Cl2N2O2.H2O4S/c2*1-12-9-19(10-14(21)7-17)16(13-5-3-2-4-6-13)20(12)11-15(22)8-18;1-5(2,3)4/h2*2-6,9,14-15,21-22H,7-8,10-11H2,1H3;(H2,1,2,3,4)/q2*+1;/p-2. The van der Waals surface area contributed by atoms with E-state index < -0.39 is 34.8 Å². The van der Waals surface area contributed by atoms with Crippen molar-refractivity contribution in [2.75, 3.05) is 23.5 Å². The number of aromatic nitrogens is 4. The third-order valence-corrected chi connectivity index (χ3v) is 8.40. The molecule has 0 radical (unpaired) electrons. The summed E-state index contributed by atoms with van der Waals surface area (Å²) in [5.74, 6) is 2.55. The fourth-order valence-electron chi connectivity index (χ4n) is 4.98. The minimum Gasteiger partial charge on any atom is -0.759 e. The van der Waals surface area contributed by atoms with E-state index in [1.165, 1.54) is 0 Å². The zero-order valence-corrected chi connectivity index (χ0v) is 30.9. The van der Waals surface area contributed by atoms with Gasteiger partial charge in [0.25, 0.3) is 11.6 Å². The zero-order chi connectivity index (χ0) is 36.7. The molecule has 2 aromatic heterocycles. The first kappa shape index (κ1) is 42.9. The largest absolute Gasteiger partial charge is 0.759 e. The number of aryl methyl sites for hydroxylation is 2. The summed E-state index contributed by atoms with van der Waals surface area (Å²) < 4.78 is 42.1. The van der Waals surface area contributed by atoms with Crippen LogP contribution < -0.4 is 9.13 Å². The van der Waals surface area contributed by atoms with Crippen LogP contribution in [-0.2, 0) is 36.6 Å². The Balaban J connectivity index is 0.000000299. The number of hydrogen-bond acceptors (Lipinski definition) is 8. The smallest absolute Gasteiger partial charge is 0.289 e. The van der Waals surface area contributed by atoms with Crippen LogP contribution in [0.25, 0.3) is 22.8 Å². The molecule has 2 heterocycles. The molecular weight excluding hydrogens is 742 g/mol. The Morgan fingerprint density at radius 2 is 0.898 bits per heavy atom. The summed E-state index contributed by atoms with van der Waals surface area (Å²) in [6, 6.07) is 19.8. The molecule has 12 nitrogen and oxygen atoms in total. The molecule has 4 N–H and O–H groups in total. The van der Waals surface area contributed by atoms with Crippen LogP contribution in [0, 0.1) is 13.8 Å². The van der Waals surface area contributed by atoms with E-state index in [4.69, 9.17) is 63.9 Å². The Bertz CT molecular complexity index is 1540. The molecule has 2 aromatic carbocycles. The Hall–Kier alpha value is -2.27. The van der Waals surface area contributed by atoms with Gasteiger partial charge in [-0.05, 0) is 24.3 Å². The van der Waals surface area contributed by atoms with Gasteiger partial charge in [0, 0.05) is 24.2 Å². The first-order chi connectivity index (χ1) is 23.1. The fourth-order valence-corrected chi connectivity index (χ4v) is 5.38. The van der Waals surface area contributed by atoms with Crippen molar-refractivity contribution in [1.82, 2.24) is 9.13 Å². The summed E-state index contributed by atoms with van der Waals surface area (Å²) in [4.78, 5) is 0. The summed E-state index contributed by atoms with van der Waals surface area (Å²) in [6.07, 6.45) is 1.42. The Kier molecular flexibility index (Phi) is 18.5. The van der Waals surface area contributed by atoms with E-state index in [2.05, 4.69) is 0 Å². The first-order valence-electron chi connectivity index (χ1n) is 15.1. The van der Waals surface area contributed by atoms with Crippen LogP contribution in [0.1, 0.15) is 11.4 Å². The van der Waals surface area contributed by atoms with Crippen molar-refractivity contribution in [2.45, 2.75) is 64.4 Å². The van der Waals surface area contributed by atoms with E-state index in [9.17, 15) is 20.4 Å². The second-order valence-electron chi connectivity index (χ2n) is 11.1. The zero-order valence-electron chi connectivity index (χ0n) is 27.0. The molecule has 0 bridgehead atoms. The summed E-state index contributed by atoms with van der Waals surface area (Å²) in [6.45, 7) is 5.55. The average Bonchev–Trinajstić information content (AvgIpc) is 3.54. The normalized spacial score (nSPS) is 13.8. The molecule has 4 unspecified atom stereocenters. The highest BCUT2D eigenvalue weighted by molar-refractivity contribution is 7.79. The van der Waals surface area contributed by atoms with Crippen molar-refractivity contribution in [3.63, 3.8) is 0 Å². The number of rotatable bonds is 14. The maximum atomic E-state index is 9.91. The van der Waals surface area contributed by atoms with Crippen LogP contribution in [0.2, 0.25) is 0 Å². The summed E-state index contributed by atoms with van der Waals surface area (Å²) >= 11 is 22.9. The van der Waals surface area contributed by atoms with Gasteiger partial charge in [-0.1, -0.05) is 36.4 Å². The highest BCUT2D eigenvalue weighted by atomic mass is 35.5. The van der Waals surface area contributed by atoms with E-state index in [1.807, 2.05) is 105 Å². The van der Waals surface area contributed by atoms with Gasteiger partial charge in [-0.2, -0.15) is 0 Å². The van der Waals surface area contributed by atoms with Crippen LogP contribution in [0.4, 0.5) is 0 Å². The van der Waals surface area contributed by atoms with Gasteiger partial charge >= 0.3 is 0 Å². The van der Waals surface area contributed by atoms with E-state index in [0.29, 0.717) is 26.2 Å². The lowest BCUT2D eigenvalue weighted by molar-refractivity contribution is -0.697. The first-order valence-corrected chi connectivity index (χ1v) is 18.5. The van der Waals surface area contributed by atoms with Gasteiger partial charge in [-0.3, -0.25) is 8.42 Å². The van der Waals surface area contributed by atoms with Crippen molar-refractivity contribution in [2.24, 2.45) is 0 Å². The minimum absolute atomic E-state index is 0.176. The molecule has 4 atom stereocenters. The van der Waals surface area contributed by atoms with Crippen molar-refractivity contribution in [3.05, 3.63) is 84.4 Å². The molecule has 0 aliphatic carbocycles. The van der Waals surface area contributed by atoms with E-state index in [1.54, 1.807) is 0 Å². The van der Waals surface area contributed by atoms with Gasteiger partial charge < -0.3 is 29.5 Å². The van der Waals surface area contributed by atoms with Gasteiger partial charge in [-0.25, -0.2) is 18.3 Å². The maximum Gasteiger partial charge on any atom is 0.289 e. The van der Waals surface area contributed by atoms with Crippen LogP contribution >= 0.6 is 46.4 Å². The molecular formula is C32H42Cl4N4O8S. The van der Waals surface area contributed by atoms with E-state index in [0.717, 1.165) is 34.2 Å². The molecule has 49 heavy (non-hydrogen) atoms. The second-order valence-corrected chi connectivity index (χ2v) is 13.1. The number of nitrogens with zero attached hydrogens (tertiary/aromatic N) is 4. The molecule has 4 aromatic rings. The van der Waals surface area contributed by atoms with Crippen molar-refractivity contribution in [3.8, 4) is 22.8 Å². The topological polar surface area (TPSA) is 179 Å². The predicted octanol–water partition coefficient (Wildman–Crippen LogP) is 2.56. The van der Waals surface area contributed by atoms with E-state index >= 15 is 0 Å². The summed E-state index contributed by atoms with van der Waals surface area (Å²) in [5.41, 5.74) is 4.01. The Morgan fingerprint density at radius 1 is 0.612 bits per heavy atom. The van der Waals surface area contributed by atoms with Crippen LogP contribution in [0.15, 0.2) is 73.1 Å². The number of hydrogen-bond donors (Lipinski definition) is 4. The highest BCUT2D eigenvalue weighted by Gasteiger charge is 2.27. The third kappa shape index (κ3) is 14.5. The molecule has 0 fully saturated rings. The molecule has 17 heteroatoms. The van der Waals surface area contributed by atoms with Crippen LogP contribution in [0.3, 0.4) is 0 Å². The van der Waals surface area contributed by atoms with Gasteiger partial charge in [-0.15, -0.1) is 46.4 Å². The molecule has 272 valence electrons. The van der Waals surface area contributed by atoms with Crippen LogP contribution in [-0.4, -0.2) is 95.0 Å². The predicted molar refractivity (Wildman–Crippen MR) is 187 cm³/mol. The Morgan fingerprint density at radius 3 is 1.16 bits per heavy atom. The van der Waals surface area contributed by atoms with Crippen molar-refractivity contribution < 1.29 is 47.1 Å². The lowest BCUT2D eigenvalue weighted by atomic mass is 10.2. The highest BCUT2D eigenvalue weighted by Crippen LogP contribution is 2.20. The number of imidazole rings is 2. The SMILES string of the molecule is Cc1cn(CC(O)CCl)c(-c2ccccc2)[n+]1CC(O)CCl.Cc1cn(CC(O)CCl)c(-c2ccccc2)[n+]1CC(O)CCl.O=S(=O)([O-])[O-]. The molecule has 0 amide bonds.